The standard InChI is InChI=1S/C22H21F6N3OS/c1-2-8-29-19-18(33-20(32)30-19)11-14-4-3-9-31(10-7-14)13-15-5-6-16(21(23,24)25)12-17(15)22(26,27)28/h1,5-6,11-12,14H,3-4,7-10,13H2,(H,29,30,32). The molecule has 1 saturated heterocycles. The lowest BCUT2D eigenvalue weighted by Gasteiger charge is -2.23. The molecule has 0 saturated carbocycles. The minimum Gasteiger partial charge on any atom is -0.358 e. The Morgan fingerprint density at radius 3 is 2.61 bits per heavy atom. The van der Waals surface area contributed by atoms with Gasteiger partial charge in [0.05, 0.1) is 22.6 Å². The van der Waals surface area contributed by atoms with Crippen molar-refractivity contribution in [3.05, 3.63) is 45.9 Å². The molecule has 2 aliphatic rings. The maximum absolute atomic E-state index is 13.4. The van der Waals surface area contributed by atoms with Crippen LogP contribution in [0.2, 0.25) is 0 Å². The number of carbonyl (C=O) groups is 1. The molecule has 1 aromatic rings. The van der Waals surface area contributed by atoms with E-state index in [1.807, 2.05) is 11.0 Å². The Bertz CT molecular complexity index is 993. The smallest absolute Gasteiger partial charge is 0.358 e. The summed E-state index contributed by atoms with van der Waals surface area (Å²) in [6.07, 6.45) is -0.495. The van der Waals surface area contributed by atoms with Crippen LogP contribution in [-0.2, 0) is 18.9 Å². The quantitative estimate of drug-likeness (QED) is 0.436. The number of nitrogens with zero attached hydrogens (tertiary/aromatic N) is 2. The zero-order valence-corrected chi connectivity index (χ0v) is 18.2. The van der Waals surface area contributed by atoms with Crippen molar-refractivity contribution < 1.29 is 31.1 Å². The second-order valence-corrected chi connectivity index (χ2v) is 8.74. The predicted octanol–water partition coefficient (Wildman–Crippen LogP) is 5.70. The summed E-state index contributed by atoms with van der Waals surface area (Å²) in [5.41, 5.74) is -2.76. The molecule has 2 heterocycles. The molecular weight excluding hydrogens is 468 g/mol. The fraction of sp³-hybridized carbons (Fsp3) is 0.455. The van der Waals surface area contributed by atoms with Crippen molar-refractivity contribution in [2.45, 2.75) is 38.2 Å². The molecule has 1 amide bonds. The van der Waals surface area contributed by atoms with E-state index in [-0.39, 0.29) is 35.9 Å². The van der Waals surface area contributed by atoms with E-state index in [0.717, 1.165) is 24.2 Å². The van der Waals surface area contributed by atoms with E-state index in [9.17, 15) is 31.1 Å². The third-order valence-electron chi connectivity index (χ3n) is 5.38. The summed E-state index contributed by atoms with van der Waals surface area (Å²) in [7, 11) is 0. The lowest BCUT2D eigenvalue weighted by molar-refractivity contribution is -0.143. The molecule has 4 nitrogen and oxygen atoms in total. The normalized spacial score (nSPS) is 21.6. The number of aliphatic imine (C=N–C) groups is 1. The number of rotatable bonds is 4. The maximum atomic E-state index is 13.4. The van der Waals surface area contributed by atoms with Crippen molar-refractivity contribution in [2.75, 3.05) is 19.6 Å². The van der Waals surface area contributed by atoms with Gasteiger partial charge in [-0.05, 0) is 67.7 Å². The van der Waals surface area contributed by atoms with Crippen LogP contribution in [0.5, 0.6) is 0 Å². The molecule has 11 heteroatoms. The van der Waals surface area contributed by atoms with Crippen LogP contribution in [0.15, 0.2) is 34.2 Å². The molecular formula is C22H21F6N3OS. The zero-order valence-electron chi connectivity index (χ0n) is 17.4. The first kappa shape index (κ1) is 25.2. The predicted molar refractivity (Wildman–Crippen MR) is 114 cm³/mol. The van der Waals surface area contributed by atoms with E-state index in [4.69, 9.17) is 6.42 Å². The molecule has 0 spiro atoms. The molecule has 33 heavy (non-hydrogen) atoms. The number of terminal acetylenes is 1. The van der Waals surface area contributed by atoms with Crippen LogP contribution in [0.25, 0.3) is 0 Å². The molecule has 1 aromatic carbocycles. The number of nitrogens with one attached hydrogen (secondary N) is 1. The minimum absolute atomic E-state index is 0.0796. The Kier molecular flexibility index (Phi) is 7.80. The van der Waals surface area contributed by atoms with Gasteiger partial charge in [0.25, 0.3) is 0 Å². The van der Waals surface area contributed by atoms with Crippen LogP contribution in [0.1, 0.15) is 36.0 Å². The fourth-order valence-corrected chi connectivity index (χ4v) is 4.60. The lowest BCUT2D eigenvalue weighted by atomic mass is 10.00. The molecule has 3 rings (SSSR count). The molecule has 0 radical (unpaired) electrons. The average Bonchev–Trinajstić information content (AvgIpc) is 2.91. The first-order valence-corrected chi connectivity index (χ1v) is 11.0. The maximum Gasteiger partial charge on any atom is 0.416 e. The largest absolute Gasteiger partial charge is 0.416 e. The topological polar surface area (TPSA) is 44.7 Å². The molecule has 178 valence electrons. The SMILES string of the molecule is C#CCNC1=NC(=O)SC1=CC1CCCN(Cc2ccc(C(F)(F)F)cc2C(F)(F)F)CC1. The second-order valence-electron chi connectivity index (χ2n) is 7.75. The number of thioether (sulfide) groups is 1. The highest BCUT2D eigenvalue weighted by atomic mass is 32.2. The number of benzene rings is 1. The van der Waals surface area contributed by atoms with Gasteiger partial charge in [-0.2, -0.15) is 31.3 Å². The third-order valence-corrected chi connectivity index (χ3v) is 6.20. The number of likely N-dealkylation sites (tertiary alicyclic amines) is 1. The summed E-state index contributed by atoms with van der Waals surface area (Å²) in [6, 6.07) is 1.78. The summed E-state index contributed by atoms with van der Waals surface area (Å²) in [6.45, 7) is 1.10. The minimum atomic E-state index is -4.89. The van der Waals surface area contributed by atoms with E-state index >= 15 is 0 Å². The van der Waals surface area contributed by atoms with Gasteiger partial charge in [-0.1, -0.05) is 18.1 Å². The van der Waals surface area contributed by atoms with Gasteiger partial charge in [-0.25, -0.2) is 0 Å². The van der Waals surface area contributed by atoms with Gasteiger partial charge in [0.1, 0.15) is 5.84 Å². The van der Waals surface area contributed by atoms with Gasteiger partial charge in [-0.15, -0.1) is 6.42 Å². The van der Waals surface area contributed by atoms with E-state index in [1.165, 1.54) is 0 Å². The monoisotopic (exact) mass is 489 g/mol. The van der Waals surface area contributed by atoms with Gasteiger partial charge >= 0.3 is 17.6 Å². The fourth-order valence-electron chi connectivity index (χ4n) is 3.80. The van der Waals surface area contributed by atoms with Crippen LogP contribution >= 0.6 is 11.8 Å². The first-order chi connectivity index (χ1) is 15.5. The summed E-state index contributed by atoms with van der Waals surface area (Å²) >= 11 is 0.993. The van der Waals surface area contributed by atoms with Crippen LogP contribution in [0.4, 0.5) is 31.1 Å². The summed E-state index contributed by atoms with van der Waals surface area (Å²) < 4.78 is 79.0. The average molecular weight is 489 g/mol. The summed E-state index contributed by atoms with van der Waals surface area (Å²) in [5.74, 6) is 2.91. The highest BCUT2D eigenvalue weighted by Crippen LogP contribution is 2.38. The van der Waals surface area contributed by atoms with Crippen LogP contribution < -0.4 is 5.32 Å². The number of amidine groups is 1. The first-order valence-electron chi connectivity index (χ1n) is 10.2. The van der Waals surface area contributed by atoms with Crippen molar-refractivity contribution in [1.29, 1.82) is 0 Å². The number of hydrogen-bond acceptors (Lipinski definition) is 4. The van der Waals surface area contributed by atoms with E-state index in [1.54, 1.807) is 0 Å². The Labute approximate surface area is 191 Å². The van der Waals surface area contributed by atoms with Crippen molar-refractivity contribution in [1.82, 2.24) is 10.2 Å². The number of allylic oxidation sites excluding steroid dienone is 1. The van der Waals surface area contributed by atoms with E-state index < -0.39 is 23.5 Å². The number of halogens is 6. The van der Waals surface area contributed by atoms with Crippen molar-refractivity contribution >= 4 is 22.8 Å². The van der Waals surface area contributed by atoms with Crippen LogP contribution in [-0.4, -0.2) is 35.6 Å². The molecule has 0 bridgehead atoms. The number of alkyl halides is 6. The Morgan fingerprint density at radius 2 is 1.94 bits per heavy atom. The molecule has 1 fully saturated rings. The van der Waals surface area contributed by atoms with Gasteiger partial charge in [0, 0.05) is 6.54 Å². The highest BCUT2D eigenvalue weighted by Gasteiger charge is 2.38. The molecule has 0 aliphatic carbocycles. The van der Waals surface area contributed by atoms with Gasteiger partial charge in [0.15, 0.2) is 0 Å². The highest BCUT2D eigenvalue weighted by molar-refractivity contribution is 8.18. The number of carbonyl (C=O) groups excluding carboxylic acids is 1. The number of amides is 1. The van der Waals surface area contributed by atoms with Crippen molar-refractivity contribution in [3.8, 4) is 12.3 Å². The van der Waals surface area contributed by atoms with Crippen molar-refractivity contribution in [2.24, 2.45) is 10.9 Å². The van der Waals surface area contributed by atoms with E-state index in [2.05, 4.69) is 16.2 Å². The molecule has 1 N–H and O–H groups in total. The Balaban J connectivity index is 1.70. The Morgan fingerprint density at radius 1 is 1.18 bits per heavy atom. The summed E-state index contributed by atoms with van der Waals surface area (Å²) in [4.78, 5) is 18.0. The van der Waals surface area contributed by atoms with Crippen molar-refractivity contribution in [3.63, 3.8) is 0 Å². The van der Waals surface area contributed by atoms with Crippen LogP contribution in [0.3, 0.4) is 0 Å². The third kappa shape index (κ3) is 6.77. The Hall–Kier alpha value is -2.45. The van der Waals surface area contributed by atoms with Gasteiger partial charge in [0.2, 0.25) is 0 Å². The summed E-state index contributed by atoms with van der Waals surface area (Å²) in [5, 5.41) is 2.55. The van der Waals surface area contributed by atoms with Crippen LogP contribution in [0, 0.1) is 18.3 Å². The van der Waals surface area contributed by atoms with Gasteiger partial charge < -0.3 is 5.32 Å². The molecule has 1 atom stereocenters. The molecule has 0 aromatic heterocycles. The lowest BCUT2D eigenvalue weighted by Crippen LogP contribution is -2.26. The van der Waals surface area contributed by atoms with Gasteiger partial charge in [-0.3, -0.25) is 9.69 Å². The van der Waals surface area contributed by atoms with E-state index in [0.29, 0.717) is 42.7 Å². The second kappa shape index (κ2) is 10.2. The zero-order chi connectivity index (χ0) is 24.2. The number of hydrogen-bond donors (Lipinski definition) is 1. The molecule has 1 unspecified atom stereocenters. The molecule has 2 aliphatic heterocycles.